The Kier molecular flexibility index (Phi) is 7.29. The van der Waals surface area contributed by atoms with Crippen molar-refractivity contribution < 1.29 is 4.79 Å². The molecule has 1 amide bonds. The van der Waals surface area contributed by atoms with Crippen molar-refractivity contribution in [1.82, 2.24) is 9.88 Å². The Hall–Kier alpha value is -0.880. The molecule has 0 spiro atoms. The van der Waals surface area contributed by atoms with E-state index >= 15 is 0 Å². The summed E-state index contributed by atoms with van der Waals surface area (Å²) in [5.74, 6) is -0.0655. The molecule has 0 saturated carbocycles. The number of fused-ring (bicyclic) bond motifs is 1. The van der Waals surface area contributed by atoms with Crippen LogP contribution in [0.3, 0.4) is 0 Å². The molecular formula is C12H17Cl2N3OS. The molecule has 7 heteroatoms. The van der Waals surface area contributed by atoms with E-state index in [0.29, 0.717) is 6.54 Å². The summed E-state index contributed by atoms with van der Waals surface area (Å²) in [6.45, 7) is 2.21. The van der Waals surface area contributed by atoms with E-state index in [4.69, 9.17) is 5.73 Å². The van der Waals surface area contributed by atoms with Gasteiger partial charge in [-0.1, -0.05) is 12.1 Å². The summed E-state index contributed by atoms with van der Waals surface area (Å²) in [5, 5.41) is 0.933. The Bertz CT molecular complexity index is 512. The van der Waals surface area contributed by atoms with Gasteiger partial charge in [0.15, 0.2) is 0 Å². The number of nitrogens with two attached hydrogens (primary N) is 1. The monoisotopic (exact) mass is 321 g/mol. The van der Waals surface area contributed by atoms with E-state index in [1.165, 1.54) is 0 Å². The lowest BCUT2D eigenvalue weighted by atomic mass is 10.3. The smallest absolute Gasteiger partial charge is 0.239 e. The quantitative estimate of drug-likeness (QED) is 0.944. The molecule has 0 aliphatic rings. The third-order valence-electron chi connectivity index (χ3n) is 2.48. The molecule has 0 saturated heterocycles. The van der Waals surface area contributed by atoms with Gasteiger partial charge in [0, 0.05) is 7.05 Å². The standard InChI is InChI=1S/C12H15N3OS.2ClH/c1-8(13)12(16)15(2)7-11-14-9-5-3-4-6-10(9)17-11;;/h3-6,8H,7,13H2,1-2H3;2*1H/t8-;;/m0../s1. The number of hydrogen-bond acceptors (Lipinski definition) is 4. The average Bonchev–Trinajstić information content (AvgIpc) is 2.69. The van der Waals surface area contributed by atoms with Crippen LogP contribution in [0.2, 0.25) is 0 Å². The van der Waals surface area contributed by atoms with Crippen LogP contribution in [-0.2, 0) is 11.3 Å². The fourth-order valence-corrected chi connectivity index (χ4v) is 2.64. The average molecular weight is 322 g/mol. The van der Waals surface area contributed by atoms with Crippen molar-refractivity contribution in [2.45, 2.75) is 19.5 Å². The molecule has 0 aliphatic carbocycles. The van der Waals surface area contributed by atoms with Gasteiger partial charge in [-0.15, -0.1) is 36.2 Å². The van der Waals surface area contributed by atoms with Crippen molar-refractivity contribution in [3.8, 4) is 0 Å². The Morgan fingerprint density at radius 1 is 1.42 bits per heavy atom. The summed E-state index contributed by atoms with van der Waals surface area (Å²) in [6.07, 6.45) is 0. The second-order valence-corrected chi connectivity index (χ2v) is 5.17. The number of rotatable bonds is 3. The zero-order valence-electron chi connectivity index (χ0n) is 10.7. The second-order valence-electron chi connectivity index (χ2n) is 4.06. The molecule has 1 heterocycles. The molecule has 0 unspecified atom stereocenters. The highest BCUT2D eigenvalue weighted by Crippen LogP contribution is 2.22. The van der Waals surface area contributed by atoms with Crippen LogP contribution in [0.1, 0.15) is 11.9 Å². The van der Waals surface area contributed by atoms with Crippen LogP contribution in [0.25, 0.3) is 10.2 Å². The minimum atomic E-state index is -0.464. The van der Waals surface area contributed by atoms with Gasteiger partial charge in [-0.25, -0.2) is 4.98 Å². The molecule has 19 heavy (non-hydrogen) atoms. The van der Waals surface area contributed by atoms with Crippen molar-refractivity contribution in [2.24, 2.45) is 5.73 Å². The number of nitrogens with zero attached hydrogens (tertiary/aromatic N) is 2. The molecule has 0 aliphatic heterocycles. The van der Waals surface area contributed by atoms with E-state index in [1.807, 2.05) is 24.3 Å². The van der Waals surface area contributed by atoms with Crippen LogP contribution < -0.4 is 5.73 Å². The molecule has 0 radical (unpaired) electrons. The highest BCUT2D eigenvalue weighted by Gasteiger charge is 2.15. The van der Waals surface area contributed by atoms with Crippen molar-refractivity contribution in [3.63, 3.8) is 0 Å². The first-order chi connectivity index (χ1) is 8.08. The summed E-state index contributed by atoms with van der Waals surface area (Å²) in [5.41, 5.74) is 6.54. The molecule has 106 valence electrons. The number of amides is 1. The van der Waals surface area contributed by atoms with Gasteiger partial charge in [-0.3, -0.25) is 4.79 Å². The first-order valence-electron chi connectivity index (χ1n) is 5.43. The van der Waals surface area contributed by atoms with E-state index in [-0.39, 0.29) is 30.7 Å². The number of halogens is 2. The lowest BCUT2D eigenvalue weighted by molar-refractivity contribution is -0.131. The largest absolute Gasteiger partial charge is 0.338 e. The number of hydrogen-bond donors (Lipinski definition) is 1. The summed E-state index contributed by atoms with van der Waals surface area (Å²) in [7, 11) is 1.75. The van der Waals surface area contributed by atoms with Crippen LogP contribution in [0.15, 0.2) is 24.3 Å². The molecule has 2 rings (SSSR count). The Labute approximate surface area is 128 Å². The van der Waals surface area contributed by atoms with Crippen LogP contribution in [0, 0.1) is 0 Å². The maximum Gasteiger partial charge on any atom is 0.239 e. The molecule has 1 aromatic heterocycles. The summed E-state index contributed by atoms with van der Waals surface area (Å²) in [4.78, 5) is 17.7. The predicted molar refractivity (Wildman–Crippen MR) is 84.2 cm³/mol. The van der Waals surface area contributed by atoms with E-state index in [1.54, 1.807) is 30.2 Å². The van der Waals surface area contributed by atoms with Gasteiger partial charge in [-0.05, 0) is 19.1 Å². The Morgan fingerprint density at radius 3 is 2.63 bits per heavy atom. The number of carbonyl (C=O) groups excluding carboxylic acids is 1. The third-order valence-corrected chi connectivity index (χ3v) is 3.50. The number of likely N-dealkylation sites (N-methyl/N-ethyl adjacent to an activating group) is 1. The Morgan fingerprint density at radius 2 is 2.05 bits per heavy atom. The van der Waals surface area contributed by atoms with Gasteiger partial charge >= 0.3 is 0 Å². The normalized spacial score (nSPS) is 11.3. The lowest BCUT2D eigenvalue weighted by Crippen LogP contribution is -2.39. The van der Waals surface area contributed by atoms with E-state index in [2.05, 4.69) is 4.98 Å². The van der Waals surface area contributed by atoms with Crippen LogP contribution in [0.4, 0.5) is 0 Å². The Balaban J connectivity index is 0.00000162. The van der Waals surface area contributed by atoms with Crippen molar-refractivity contribution in [1.29, 1.82) is 0 Å². The van der Waals surface area contributed by atoms with Crippen molar-refractivity contribution in [3.05, 3.63) is 29.3 Å². The number of thiazole rings is 1. The molecule has 4 nitrogen and oxygen atoms in total. The maximum atomic E-state index is 11.6. The summed E-state index contributed by atoms with van der Waals surface area (Å²) in [6, 6.07) is 7.49. The second kappa shape index (κ2) is 7.65. The number of aromatic nitrogens is 1. The molecule has 1 aromatic carbocycles. The number of benzene rings is 1. The predicted octanol–water partition coefficient (Wildman–Crippen LogP) is 2.45. The van der Waals surface area contributed by atoms with Crippen LogP contribution in [-0.4, -0.2) is 28.9 Å². The number of carbonyl (C=O) groups is 1. The number of para-hydroxylation sites is 1. The molecular weight excluding hydrogens is 305 g/mol. The molecule has 2 aromatic rings. The van der Waals surface area contributed by atoms with E-state index < -0.39 is 6.04 Å². The molecule has 0 fully saturated rings. The third kappa shape index (κ3) is 4.31. The fraction of sp³-hybridized carbons (Fsp3) is 0.333. The highest BCUT2D eigenvalue weighted by molar-refractivity contribution is 7.18. The minimum absolute atomic E-state index is 0. The maximum absolute atomic E-state index is 11.6. The van der Waals surface area contributed by atoms with Gasteiger partial charge in [0.2, 0.25) is 5.91 Å². The first kappa shape index (κ1) is 18.1. The van der Waals surface area contributed by atoms with Crippen molar-refractivity contribution >= 4 is 52.3 Å². The van der Waals surface area contributed by atoms with Crippen LogP contribution >= 0.6 is 36.2 Å². The summed E-state index contributed by atoms with van der Waals surface area (Å²) >= 11 is 1.61. The molecule has 2 N–H and O–H groups in total. The molecule has 0 bridgehead atoms. The minimum Gasteiger partial charge on any atom is -0.338 e. The topological polar surface area (TPSA) is 59.2 Å². The zero-order valence-corrected chi connectivity index (χ0v) is 13.1. The highest BCUT2D eigenvalue weighted by atomic mass is 35.5. The van der Waals surface area contributed by atoms with Gasteiger partial charge in [0.1, 0.15) is 5.01 Å². The van der Waals surface area contributed by atoms with E-state index in [0.717, 1.165) is 15.2 Å². The van der Waals surface area contributed by atoms with Gasteiger partial charge in [-0.2, -0.15) is 0 Å². The molecule has 1 atom stereocenters. The fourth-order valence-electron chi connectivity index (χ4n) is 1.62. The van der Waals surface area contributed by atoms with Gasteiger partial charge < -0.3 is 10.6 Å². The summed E-state index contributed by atoms with van der Waals surface area (Å²) < 4.78 is 1.14. The van der Waals surface area contributed by atoms with Crippen molar-refractivity contribution in [2.75, 3.05) is 7.05 Å². The SMILES string of the molecule is C[C@H](N)C(=O)N(C)Cc1nc2ccccc2s1.Cl.Cl. The van der Waals surface area contributed by atoms with Crippen LogP contribution in [0.5, 0.6) is 0 Å². The van der Waals surface area contributed by atoms with E-state index in [9.17, 15) is 4.79 Å². The zero-order chi connectivity index (χ0) is 12.4. The first-order valence-corrected chi connectivity index (χ1v) is 6.24. The van der Waals surface area contributed by atoms with Gasteiger partial charge in [0.25, 0.3) is 0 Å². The lowest BCUT2D eigenvalue weighted by Gasteiger charge is -2.17. The van der Waals surface area contributed by atoms with Gasteiger partial charge in [0.05, 0.1) is 22.8 Å².